The maximum absolute atomic E-state index is 12.4. The topological polar surface area (TPSA) is 80.6 Å². The first-order valence-electron chi connectivity index (χ1n) is 9.48. The summed E-state index contributed by atoms with van der Waals surface area (Å²) < 4.78 is 11.3. The number of carbonyl (C=O) groups is 2. The van der Waals surface area contributed by atoms with Gasteiger partial charge in [-0.05, 0) is 24.6 Å². The number of carbonyl (C=O) groups excluding carboxylic acids is 2. The molecule has 0 spiro atoms. The Hall–Kier alpha value is -4.06. The van der Waals surface area contributed by atoms with Gasteiger partial charge in [-0.3, -0.25) is 20.4 Å². The second kappa shape index (κ2) is 8.53. The minimum absolute atomic E-state index is 0.159. The Morgan fingerprint density at radius 1 is 0.867 bits per heavy atom. The monoisotopic (exact) mass is 400 g/mol. The summed E-state index contributed by atoms with van der Waals surface area (Å²) in [6, 6.07) is 24.6. The van der Waals surface area contributed by atoms with Crippen LogP contribution in [-0.2, 0) is 4.79 Å². The zero-order valence-corrected chi connectivity index (χ0v) is 16.3. The van der Waals surface area contributed by atoms with Crippen molar-refractivity contribution < 1.29 is 18.7 Å². The van der Waals surface area contributed by atoms with Gasteiger partial charge in [-0.15, -0.1) is 0 Å². The normalized spacial score (nSPS) is 10.6. The van der Waals surface area contributed by atoms with Crippen LogP contribution in [0.5, 0.6) is 5.75 Å². The third-order valence-electron chi connectivity index (χ3n) is 4.70. The van der Waals surface area contributed by atoms with Gasteiger partial charge < -0.3 is 9.15 Å². The van der Waals surface area contributed by atoms with Crippen LogP contribution in [0.1, 0.15) is 16.1 Å². The van der Waals surface area contributed by atoms with E-state index >= 15 is 0 Å². The number of furan rings is 1. The minimum atomic E-state index is -0.526. The SMILES string of the molecule is Cc1c(C(=O)NNC(=O)COc2ccccc2-c2ccccc2)oc2ccccc12. The molecule has 150 valence electrons. The third kappa shape index (κ3) is 4.03. The van der Waals surface area contributed by atoms with Crippen molar-refractivity contribution in [3.63, 3.8) is 0 Å². The van der Waals surface area contributed by atoms with Gasteiger partial charge in [0.15, 0.2) is 12.4 Å². The van der Waals surface area contributed by atoms with Crippen LogP contribution < -0.4 is 15.6 Å². The van der Waals surface area contributed by atoms with Crippen molar-refractivity contribution in [2.24, 2.45) is 0 Å². The van der Waals surface area contributed by atoms with Crippen LogP contribution in [0.25, 0.3) is 22.1 Å². The average molecular weight is 400 g/mol. The number of ether oxygens (including phenoxy) is 1. The van der Waals surface area contributed by atoms with Gasteiger partial charge in [-0.2, -0.15) is 0 Å². The molecule has 6 nitrogen and oxygen atoms in total. The molecule has 0 aliphatic rings. The van der Waals surface area contributed by atoms with Crippen molar-refractivity contribution in [1.82, 2.24) is 10.9 Å². The van der Waals surface area contributed by atoms with Gasteiger partial charge in [0.1, 0.15) is 11.3 Å². The summed E-state index contributed by atoms with van der Waals surface area (Å²) in [5.74, 6) is -0.271. The van der Waals surface area contributed by atoms with Crippen molar-refractivity contribution in [1.29, 1.82) is 0 Å². The van der Waals surface area contributed by atoms with E-state index in [-0.39, 0.29) is 12.4 Å². The second-order valence-corrected chi connectivity index (χ2v) is 6.71. The highest BCUT2D eigenvalue weighted by Crippen LogP contribution is 2.29. The zero-order chi connectivity index (χ0) is 20.9. The molecule has 0 unspecified atom stereocenters. The van der Waals surface area contributed by atoms with Crippen molar-refractivity contribution in [2.75, 3.05) is 6.61 Å². The summed E-state index contributed by atoms with van der Waals surface area (Å²) in [4.78, 5) is 24.6. The number of hydrogen-bond acceptors (Lipinski definition) is 4. The maximum Gasteiger partial charge on any atom is 0.305 e. The first-order valence-corrected chi connectivity index (χ1v) is 9.48. The molecule has 4 rings (SSSR count). The number of benzene rings is 3. The number of amides is 2. The van der Waals surface area contributed by atoms with E-state index in [1.165, 1.54) is 0 Å². The van der Waals surface area contributed by atoms with E-state index in [4.69, 9.17) is 9.15 Å². The first-order chi connectivity index (χ1) is 14.6. The number of para-hydroxylation sites is 2. The Balaban J connectivity index is 1.37. The second-order valence-electron chi connectivity index (χ2n) is 6.71. The van der Waals surface area contributed by atoms with Crippen LogP contribution in [0.3, 0.4) is 0 Å². The number of hydrogen-bond donors (Lipinski definition) is 2. The highest BCUT2D eigenvalue weighted by atomic mass is 16.5. The van der Waals surface area contributed by atoms with Gasteiger partial charge in [0.25, 0.3) is 5.91 Å². The maximum atomic E-state index is 12.4. The van der Waals surface area contributed by atoms with Crippen LogP contribution in [-0.4, -0.2) is 18.4 Å². The van der Waals surface area contributed by atoms with Gasteiger partial charge in [-0.25, -0.2) is 0 Å². The summed E-state index contributed by atoms with van der Waals surface area (Å²) >= 11 is 0. The minimum Gasteiger partial charge on any atom is -0.483 e. The molecule has 1 heterocycles. The van der Waals surface area contributed by atoms with Crippen molar-refractivity contribution in [3.05, 3.63) is 90.2 Å². The highest BCUT2D eigenvalue weighted by Gasteiger charge is 2.18. The third-order valence-corrected chi connectivity index (χ3v) is 4.70. The summed E-state index contributed by atoms with van der Waals surface area (Å²) in [7, 11) is 0. The molecule has 0 saturated carbocycles. The number of fused-ring (bicyclic) bond motifs is 1. The summed E-state index contributed by atoms with van der Waals surface area (Å²) in [5.41, 5.74) is 7.93. The molecule has 6 heteroatoms. The lowest BCUT2D eigenvalue weighted by Crippen LogP contribution is -2.43. The van der Waals surface area contributed by atoms with E-state index in [0.29, 0.717) is 16.9 Å². The summed E-state index contributed by atoms with van der Waals surface area (Å²) in [6.45, 7) is 1.55. The first kappa shape index (κ1) is 19.3. The van der Waals surface area contributed by atoms with Crippen LogP contribution in [0.4, 0.5) is 0 Å². The molecule has 0 aliphatic carbocycles. The fraction of sp³-hybridized carbons (Fsp3) is 0.0833. The Morgan fingerprint density at radius 3 is 2.37 bits per heavy atom. The number of aryl methyl sites for hydroxylation is 1. The van der Waals surface area contributed by atoms with Crippen molar-refractivity contribution in [3.8, 4) is 16.9 Å². The molecule has 0 aliphatic heterocycles. The molecule has 3 aromatic carbocycles. The Bertz CT molecular complexity index is 1200. The molecule has 0 bridgehead atoms. The Labute approximate surface area is 173 Å². The van der Waals surface area contributed by atoms with Gasteiger partial charge in [0.05, 0.1) is 0 Å². The van der Waals surface area contributed by atoms with E-state index in [9.17, 15) is 9.59 Å². The average Bonchev–Trinajstić information content (AvgIpc) is 3.13. The Morgan fingerprint density at radius 2 is 1.57 bits per heavy atom. The van der Waals surface area contributed by atoms with Gasteiger partial charge >= 0.3 is 5.91 Å². The van der Waals surface area contributed by atoms with E-state index in [0.717, 1.165) is 16.5 Å². The Kier molecular flexibility index (Phi) is 5.48. The largest absolute Gasteiger partial charge is 0.483 e. The molecule has 0 radical (unpaired) electrons. The van der Waals surface area contributed by atoms with Crippen LogP contribution in [0.15, 0.2) is 83.3 Å². The van der Waals surface area contributed by atoms with Crippen LogP contribution >= 0.6 is 0 Å². The number of nitrogens with one attached hydrogen (secondary N) is 2. The molecular weight excluding hydrogens is 380 g/mol. The lowest BCUT2D eigenvalue weighted by atomic mass is 10.1. The molecule has 4 aromatic rings. The number of rotatable bonds is 5. The fourth-order valence-electron chi connectivity index (χ4n) is 3.20. The number of hydrazine groups is 1. The van der Waals surface area contributed by atoms with Gasteiger partial charge in [-0.1, -0.05) is 66.7 Å². The van der Waals surface area contributed by atoms with E-state index in [1.807, 2.05) is 66.7 Å². The van der Waals surface area contributed by atoms with Crippen molar-refractivity contribution >= 4 is 22.8 Å². The predicted molar refractivity (Wildman–Crippen MR) is 114 cm³/mol. The molecule has 30 heavy (non-hydrogen) atoms. The van der Waals surface area contributed by atoms with Crippen LogP contribution in [0.2, 0.25) is 0 Å². The van der Waals surface area contributed by atoms with E-state index < -0.39 is 11.8 Å². The molecule has 0 fully saturated rings. The lowest BCUT2D eigenvalue weighted by Gasteiger charge is -2.12. The molecule has 2 N–H and O–H groups in total. The van der Waals surface area contributed by atoms with Crippen LogP contribution in [0, 0.1) is 6.92 Å². The quantitative estimate of drug-likeness (QED) is 0.491. The lowest BCUT2D eigenvalue weighted by molar-refractivity contribution is -0.123. The smallest absolute Gasteiger partial charge is 0.305 e. The molecule has 2 amide bonds. The molecule has 0 atom stereocenters. The van der Waals surface area contributed by atoms with Gasteiger partial charge in [0.2, 0.25) is 0 Å². The van der Waals surface area contributed by atoms with E-state index in [2.05, 4.69) is 10.9 Å². The standard InChI is InChI=1S/C24H20N2O4/c1-16-18-11-5-8-14-21(18)30-23(16)24(28)26-25-22(27)15-29-20-13-7-6-12-19(20)17-9-3-2-4-10-17/h2-14H,15H2,1H3,(H,25,27)(H,26,28). The molecule has 1 aromatic heterocycles. The highest BCUT2D eigenvalue weighted by molar-refractivity contribution is 5.99. The molecular formula is C24H20N2O4. The summed E-state index contributed by atoms with van der Waals surface area (Å²) in [5, 5.41) is 0.856. The van der Waals surface area contributed by atoms with Crippen molar-refractivity contribution in [2.45, 2.75) is 6.92 Å². The van der Waals surface area contributed by atoms with Gasteiger partial charge in [0, 0.05) is 16.5 Å². The predicted octanol–water partition coefficient (Wildman–Crippen LogP) is 4.25. The fourth-order valence-corrected chi connectivity index (χ4v) is 3.20. The zero-order valence-electron chi connectivity index (χ0n) is 16.3. The molecule has 0 saturated heterocycles. The van der Waals surface area contributed by atoms with E-state index in [1.54, 1.807) is 19.1 Å². The summed E-state index contributed by atoms with van der Waals surface area (Å²) in [6.07, 6.45) is 0.